The topological polar surface area (TPSA) is 57.6 Å². The van der Waals surface area contributed by atoms with Crippen molar-refractivity contribution in [1.82, 2.24) is 4.31 Å². The van der Waals surface area contributed by atoms with Crippen molar-refractivity contribution in [2.45, 2.75) is 48.3 Å². The van der Waals surface area contributed by atoms with Gasteiger partial charge in [0.1, 0.15) is 0 Å². The number of hydrogen-bond donors (Lipinski definition) is 1. The number of alkyl halides is 3. The second-order valence-electron chi connectivity index (χ2n) is 6.92. The maximum atomic E-state index is 13.8. The number of halogens is 3. The van der Waals surface area contributed by atoms with Gasteiger partial charge in [-0.2, -0.15) is 13.2 Å². The van der Waals surface area contributed by atoms with Crippen molar-refractivity contribution in [3.8, 4) is 12.0 Å². The van der Waals surface area contributed by atoms with Crippen LogP contribution in [0.2, 0.25) is 0 Å². The minimum Gasteiger partial charge on any atom is -0.366 e. The standard InChI is InChI=1S/C22H24F3NO3S2/c1-4-5-15-26(31(28,29)20-12-6-17(2)7-13-20)16-14-21(27,22(23,24)25)18-8-10-19(30-3)11-9-18/h6-13,27H,4-5,15H2,1-3H3/t21-/m0/s1. The average molecular weight is 472 g/mol. The number of thioether (sulfide) groups is 1. The quantitative estimate of drug-likeness (QED) is 0.354. The van der Waals surface area contributed by atoms with Crippen LogP contribution in [0.15, 0.2) is 58.3 Å². The van der Waals surface area contributed by atoms with E-state index in [1.165, 1.54) is 36.0 Å². The molecule has 4 nitrogen and oxygen atoms in total. The van der Waals surface area contributed by atoms with Crippen LogP contribution in [0.25, 0.3) is 0 Å². The zero-order valence-corrected chi connectivity index (χ0v) is 19.0. The van der Waals surface area contributed by atoms with Crippen LogP contribution in [0, 0.1) is 18.9 Å². The second kappa shape index (κ2) is 9.98. The molecular formula is C22H24F3NO3S2. The van der Waals surface area contributed by atoms with E-state index in [9.17, 15) is 26.7 Å². The lowest BCUT2D eigenvalue weighted by molar-refractivity contribution is -0.240. The number of rotatable bonds is 7. The van der Waals surface area contributed by atoms with Gasteiger partial charge < -0.3 is 5.11 Å². The minimum absolute atomic E-state index is 0.0802. The van der Waals surface area contributed by atoms with Gasteiger partial charge in [-0.3, -0.25) is 0 Å². The molecule has 0 aliphatic rings. The van der Waals surface area contributed by atoms with Crippen LogP contribution >= 0.6 is 11.8 Å². The number of nitrogens with zero attached hydrogens (tertiary/aromatic N) is 1. The molecule has 0 radical (unpaired) electrons. The van der Waals surface area contributed by atoms with Crippen LogP contribution in [0.4, 0.5) is 13.2 Å². The predicted molar refractivity (Wildman–Crippen MR) is 116 cm³/mol. The monoisotopic (exact) mass is 471 g/mol. The lowest BCUT2D eigenvalue weighted by atomic mass is 9.94. The molecule has 0 saturated carbocycles. The smallest absolute Gasteiger partial charge is 0.366 e. The van der Waals surface area contributed by atoms with E-state index in [4.69, 9.17) is 0 Å². The molecule has 31 heavy (non-hydrogen) atoms. The van der Waals surface area contributed by atoms with E-state index < -0.39 is 27.4 Å². The van der Waals surface area contributed by atoms with Gasteiger partial charge in [0.05, 0.1) is 4.90 Å². The number of unbranched alkanes of at least 4 members (excludes halogenated alkanes) is 1. The van der Waals surface area contributed by atoms with Gasteiger partial charge in [-0.15, -0.1) is 11.8 Å². The van der Waals surface area contributed by atoms with E-state index in [-0.39, 0.29) is 11.4 Å². The number of aryl methyl sites for hydroxylation is 1. The van der Waals surface area contributed by atoms with Crippen LogP contribution in [0.1, 0.15) is 30.9 Å². The summed E-state index contributed by atoms with van der Waals surface area (Å²) in [5.41, 5.74) is -3.16. The number of sulfonamides is 1. The first-order valence-corrected chi connectivity index (χ1v) is 12.2. The van der Waals surface area contributed by atoms with Crippen LogP contribution in [-0.2, 0) is 15.6 Å². The molecule has 1 N–H and O–H groups in total. The summed E-state index contributed by atoms with van der Waals surface area (Å²) in [6.07, 6.45) is -2.36. The molecule has 0 heterocycles. The van der Waals surface area contributed by atoms with E-state index in [1.54, 1.807) is 31.2 Å². The molecule has 0 amide bonds. The Bertz CT molecular complexity index is 1040. The first kappa shape index (κ1) is 25.1. The average Bonchev–Trinajstić information content (AvgIpc) is 2.73. The molecule has 9 heteroatoms. The van der Waals surface area contributed by atoms with Gasteiger partial charge in [0.2, 0.25) is 5.60 Å². The summed E-state index contributed by atoms with van der Waals surface area (Å²) in [5.74, 6) is 1.81. The Balaban J connectivity index is 2.55. The summed E-state index contributed by atoms with van der Waals surface area (Å²) in [4.78, 5) is 0.635. The van der Waals surface area contributed by atoms with E-state index in [0.29, 0.717) is 22.0 Å². The fraction of sp³-hybridized carbons (Fsp3) is 0.364. The zero-order valence-electron chi connectivity index (χ0n) is 17.4. The number of benzene rings is 2. The molecule has 1 atom stereocenters. The van der Waals surface area contributed by atoms with Crippen molar-refractivity contribution < 1.29 is 26.7 Å². The Labute approximate surface area is 185 Å². The van der Waals surface area contributed by atoms with Crippen LogP contribution < -0.4 is 0 Å². The molecule has 2 aromatic rings. The highest BCUT2D eigenvalue weighted by Gasteiger charge is 2.54. The molecule has 0 fully saturated rings. The molecule has 0 aliphatic heterocycles. The van der Waals surface area contributed by atoms with Crippen molar-refractivity contribution in [2.75, 3.05) is 12.8 Å². The lowest BCUT2D eigenvalue weighted by Crippen LogP contribution is -2.41. The fourth-order valence-electron chi connectivity index (χ4n) is 2.66. The highest BCUT2D eigenvalue weighted by molar-refractivity contribution is 7.98. The van der Waals surface area contributed by atoms with E-state index in [0.717, 1.165) is 17.7 Å². The lowest BCUT2D eigenvalue weighted by Gasteiger charge is -2.26. The first-order chi connectivity index (χ1) is 14.5. The van der Waals surface area contributed by atoms with Crippen molar-refractivity contribution >= 4 is 21.8 Å². The number of hydrogen-bond acceptors (Lipinski definition) is 4. The maximum absolute atomic E-state index is 13.8. The predicted octanol–water partition coefficient (Wildman–Crippen LogP) is 4.92. The summed E-state index contributed by atoms with van der Waals surface area (Å²) in [5, 5.41) is 10.5. The van der Waals surface area contributed by atoms with Gasteiger partial charge in [0.15, 0.2) is 0 Å². The van der Waals surface area contributed by atoms with Gasteiger partial charge in [-0.1, -0.05) is 43.2 Å². The highest BCUT2D eigenvalue weighted by atomic mass is 32.2. The van der Waals surface area contributed by atoms with Crippen LogP contribution in [0.3, 0.4) is 0 Å². The molecule has 0 spiro atoms. The summed E-state index contributed by atoms with van der Waals surface area (Å²) in [7, 11) is -4.17. The molecule has 0 aromatic heterocycles. The zero-order chi connectivity index (χ0) is 23.3. The minimum atomic E-state index is -5.13. The van der Waals surface area contributed by atoms with Crippen molar-refractivity contribution in [3.63, 3.8) is 0 Å². The molecular weight excluding hydrogens is 447 g/mol. The second-order valence-corrected chi connectivity index (χ2v) is 9.66. The molecule has 0 saturated heterocycles. The Morgan fingerprint density at radius 3 is 2.13 bits per heavy atom. The normalized spacial score (nSPS) is 13.8. The van der Waals surface area contributed by atoms with Gasteiger partial charge in [-0.05, 0) is 49.8 Å². The van der Waals surface area contributed by atoms with Gasteiger partial charge >= 0.3 is 6.18 Å². The third-order valence-corrected chi connectivity index (χ3v) is 7.07. The molecule has 2 rings (SSSR count). The SMILES string of the molecule is CCCCN(C#C[C@](O)(c1ccc(SC)cc1)C(F)(F)F)S(=O)(=O)c1ccc(C)cc1. The summed E-state index contributed by atoms with van der Waals surface area (Å²) in [6, 6.07) is 13.2. The third kappa shape index (κ3) is 5.76. The first-order valence-electron chi connectivity index (χ1n) is 9.51. The Morgan fingerprint density at radius 1 is 1.06 bits per heavy atom. The van der Waals surface area contributed by atoms with Crippen molar-refractivity contribution in [2.24, 2.45) is 0 Å². The van der Waals surface area contributed by atoms with Crippen LogP contribution in [0.5, 0.6) is 0 Å². The van der Waals surface area contributed by atoms with Crippen molar-refractivity contribution in [1.29, 1.82) is 0 Å². The molecule has 0 aliphatic carbocycles. The van der Waals surface area contributed by atoms with E-state index >= 15 is 0 Å². The Kier molecular flexibility index (Phi) is 8.09. The molecule has 2 aromatic carbocycles. The van der Waals surface area contributed by atoms with Crippen LogP contribution in [-0.4, -0.2) is 36.8 Å². The Morgan fingerprint density at radius 2 is 1.65 bits per heavy atom. The molecule has 0 bridgehead atoms. The largest absolute Gasteiger partial charge is 0.433 e. The summed E-state index contributed by atoms with van der Waals surface area (Å²) in [6.45, 7) is 3.51. The Hall–Kier alpha value is -2.15. The molecule has 0 unspecified atom stereocenters. The molecule has 168 valence electrons. The van der Waals surface area contributed by atoms with Gasteiger partial charge in [-0.25, -0.2) is 12.7 Å². The van der Waals surface area contributed by atoms with Gasteiger partial charge in [0.25, 0.3) is 10.0 Å². The summed E-state index contributed by atoms with van der Waals surface area (Å²) >= 11 is 1.34. The maximum Gasteiger partial charge on any atom is 0.433 e. The third-order valence-electron chi connectivity index (χ3n) is 4.60. The number of aliphatic hydroxyl groups is 1. The van der Waals surface area contributed by atoms with Crippen molar-refractivity contribution in [3.05, 3.63) is 59.7 Å². The fourth-order valence-corrected chi connectivity index (χ4v) is 4.34. The van der Waals surface area contributed by atoms with E-state index in [1.807, 2.05) is 6.92 Å². The van der Waals surface area contributed by atoms with E-state index in [2.05, 4.69) is 6.04 Å². The highest BCUT2D eigenvalue weighted by Crippen LogP contribution is 2.39. The van der Waals surface area contributed by atoms with Gasteiger partial charge in [0, 0.05) is 23.0 Å². The summed E-state index contributed by atoms with van der Waals surface area (Å²) < 4.78 is 68.1.